The molecule has 0 N–H and O–H groups in total. The Kier molecular flexibility index (Phi) is 5.41. The van der Waals surface area contributed by atoms with Crippen molar-refractivity contribution in [1.82, 2.24) is 4.98 Å². The number of ketones is 1. The van der Waals surface area contributed by atoms with Gasteiger partial charge in [-0.25, -0.2) is 4.98 Å². The molecule has 8 heteroatoms. The first-order valence-corrected chi connectivity index (χ1v) is 11.9. The highest BCUT2D eigenvalue weighted by Crippen LogP contribution is 2.50. The number of rotatable bonds is 5. The molecule has 0 spiro atoms. The van der Waals surface area contributed by atoms with Crippen LogP contribution in [-0.4, -0.2) is 36.5 Å². The first kappa shape index (κ1) is 21.0. The van der Waals surface area contributed by atoms with E-state index in [4.69, 9.17) is 14.2 Å². The maximum absolute atomic E-state index is 13.8. The van der Waals surface area contributed by atoms with Gasteiger partial charge >= 0.3 is 0 Å². The van der Waals surface area contributed by atoms with Crippen LogP contribution in [0, 0.1) is 11.8 Å². The van der Waals surface area contributed by atoms with Crippen molar-refractivity contribution in [3.05, 3.63) is 46.7 Å². The predicted octanol–water partition coefficient (Wildman–Crippen LogP) is 4.30. The van der Waals surface area contributed by atoms with Crippen molar-refractivity contribution in [1.29, 1.82) is 0 Å². The summed E-state index contributed by atoms with van der Waals surface area (Å²) in [7, 11) is 1.58. The van der Waals surface area contributed by atoms with E-state index in [1.165, 1.54) is 11.3 Å². The van der Waals surface area contributed by atoms with Crippen LogP contribution in [0.15, 0.2) is 41.1 Å². The lowest BCUT2D eigenvalue weighted by atomic mass is 9.74. The maximum atomic E-state index is 13.8. The van der Waals surface area contributed by atoms with Crippen molar-refractivity contribution < 1.29 is 23.8 Å². The number of anilines is 1. The largest absolute Gasteiger partial charge is 0.493 e. The normalized spacial score (nSPS) is 27.2. The van der Waals surface area contributed by atoms with Crippen LogP contribution < -0.4 is 14.4 Å². The van der Waals surface area contributed by atoms with E-state index in [1.807, 2.05) is 30.5 Å². The van der Waals surface area contributed by atoms with Gasteiger partial charge in [0.25, 0.3) is 5.91 Å². The fourth-order valence-electron chi connectivity index (χ4n) is 5.05. The Morgan fingerprint density at radius 2 is 2.09 bits per heavy atom. The Morgan fingerprint density at radius 1 is 1.25 bits per heavy atom. The van der Waals surface area contributed by atoms with Crippen LogP contribution >= 0.6 is 11.3 Å². The van der Waals surface area contributed by atoms with Gasteiger partial charge in [0.05, 0.1) is 31.2 Å². The SMILES string of the molecule is CCOc1ccc(C2C3=C(OC4CCC(C)CC4C3=O)C(=O)N2c2nccs2)cc1OC. The number of thiazole rings is 1. The van der Waals surface area contributed by atoms with Crippen LogP contribution in [-0.2, 0) is 14.3 Å². The number of fused-ring (bicyclic) bond motifs is 1. The summed E-state index contributed by atoms with van der Waals surface area (Å²) >= 11 is 1.36. The van der Waals surface area contributed by atoms with E-state index in [2.05, 4.69) is 11.9 Å². The molecule has 7 nitrogen and oxygen atoms in total. The Balaban J connectivity index is 1.63. The van der Waals surface area contributed by atoms with E-state index in [0.717, 1.165) is 24.8 Å². The van der Waals surface area contributed by atoms with E-state index in [9.17, 15) is 9.59 Å². The van der Waals surface area contributed by atoms with Crippen LogP contribution in [0.1, 0.15) is 44.7 Å². The van der Waals surface area contributed by atoms with Gasteiger partial charge in [0.2, 0.25) is 0 Å². The number of nitrogens with zero attached hydrogens (tertiary/aromatic N) is 2. The molecule has 1 amide bonds. The lowest BCUT2D eigenvalue weighted by molar-refractivity contribution is -0.132. The van der Waals surface area contributed by atoms with Crippen molar-refractivity contribution in [2.45, 2.75) is 45.3 Å². The second-order valence-electron chi connectivity index (χ2n) is 8.52. The maximum Gasteiger partial charge on any atom is 0.296 e. The standard InChI is InChI=1S/C24H26N2O5S/c1-4-30-17-8-6-14(12-18(17)29-3)20-19-21(27)15-11-13(2)5-7-16(15)31-22(19)23(28)26(20)24-25-9-10-32-24/h6,8-10,12-13,15-16,20H,4-5,7,11H2,1-3H3. The molecule has 1 saturated carbocycles. The molecule has 4 atom stereocenters. The van der Waals surface area contributed by atoms with Crippen molar-refractivity contribution in [2.75, 3.05) is 18.6 Å². The van der Waals surface area contributed by atoms with Gasteiger partial charge in [-0.3, -0.25) is 14.5 Å². The number of hydrogen-bond acceptors (Lipinski definition) is 7. The number of ether oxygens (including phenoxy) is 3. The highest BCUT2D eigenvalue weighted by molar-refractivity contribution is 7.13. The Hall–Kier alpha value is -2.87. The molecule has 1 aliphatic carbocycles. The molecule has 0 saturated heterocycles. The summed E-state index contributed by atoms with van der Waals surface area (Å²) < 4.78 is 17.4. The second-order valence-corrected chi connectivity index (χ2v) is 9.40. The molecular formula is C24H26N2O5S. The molecule has 2 aromatic rings. The molecule has 3 aliphatic rings. The highest BCUT2D eigenvalue weighted by Gasteiger charge is 2.53. The molecule has 0 bridgehead atoms. The molecule has 32 heavy (non-hydrogen) atoms. The van der Waals surface area contributed by atoms with E-state index in [-0.39, 0.29) is 29.5 Å². The second kappa shape index (κ2) is 8.24. The molecular weight excluding hydrogens is 428 g/mol. The summed E-state index contributed by atoms with van der Waals surface area (Å²) in [6.07, 6.45) is 4.00. The van der Waals surface area contributed by atoms with Gasteiger partial charge in [0.1, 0.15) is 6.10 Å². The average molecular weight is 455 g/mol. The summed E-state index contributed by atoms with van der Waals surface area (Å²) in [5.74, 6) is 1.31. The van der Waals surface area contributed by atoms with Crippen molar-refractivity contribution in [3.8, 4) is 11.5 Å². The summed E-state index contributed by atoms with van der Waals surface area (Å²) in [6.45, 7) is 4.58. The lowest BCUT2D eigenvalue weighted by Gasteiger charge is -2.37. The van der Waals surface area contributed by atoms with Crippen LogP contribution in [0.3, 0.4) is 0 Å². The third kappa shape index (κ3) is 3.28. The first-order valence-electron chi connectivity index (χ1n) is 11.0. The smallest absolute Gasteiger partial charge is 0.296 e. The topological polar surface area (TPSA) is 78.0 Å². The number of aromatic nitrogens is 1. The fraction of sp³-hybridized carbons (Fsp3) is 0.458. The van der Waals surface area contributed by atoms with E-state index >= 15 is 0 Å². The van der Waals surface area contributed by atoms with Crippen LogP contribution in [0.4, 0.5) is 5.13 Å². The van der Waals surface area contributed by atoms with Crippen LogP contribution in [0.2, 0.25) is 0 Å². The molecule has 168 valence electrons. The summed E-state index contributed by atoms with van der Waals surface area (Å²) in [4.78, 5) is 33.3. The average Bonchev–Trinajstić information content (AvgIpc) is 3.41. The van der Waals surface area contributed by atoms with E-state index in [1.54, 1.807) is 18.2 Å². The summed E-state index contributed by atoms with van der Waals surface area (Å²) in [5, 5.41) is 2.36. The van der Waals surface area contributed by atoms with Crippen LogP contribution in [0.5, 0.6) is 11.5 Å². The van der Waals surface area contributed by atoms with Crippen molar-refractivity contribution in [2.24, 2.45) is 11.8 Å². The fourth-order valence-corrected chi connectivity index (χ4v) is 5.72. The Labute approximate surface area is 191 Å². The van der Waals surface area contributed by atoms with Gasteiger partial charge in [0.15, 0.2) is 28.2 Å². The summed E-state index contributed by atoms with van der Waals surface area (Å²) in [6, 6.07) is 4.92. The van der Waals surface area contributed by atoms with Gasteiger partial charge in [-0.2, -0.15) is 0 Å². The Morgan fingerprint density at radius 3 is 2.81 bits per heavy atom. The van der Waals surface area contributed by atoms with Gasteiger partial charge in [-0.1, -0.05) is 13.0 Å². The van der Waals surface area contributed by atoms with Gasteiger partial charge in [0, 0.05) is 11.6 Å². The monoisotopic (exact) mass is 454 g/mol. The third-order valence-corrected chi connectivity index (χ3v) is 7.31. The molecule has 4 unspecified atom stereocenters. The first-order chi connectivity index (χ1) is 15.5. The zero-order valence-corrected chi connectivity index (χ0v) is 19.2. The zero-order chi connectivity index (χ0) is 22.4. The number of benzene rings is 1. The highest BCUT2D eigenvalue weighted by atomic mass is 32.1. The number of amides is 1. The van der Waals surface area contributed by atoms with Crippen molar-refractivity contribution in [3.63, 3.8) is 0 Å². The van der Waals surface area contributed by atoms with Gasteiger partial charge < -0.3 is 14.2 Å². The zero-order valence-electron chi connectivity index (χ0n) is 18.4. The minimum atomic E-state index is -0.612. The van der Waals surface area contributed by atoms with Crippen LogP contribution in [0.25, 0.3) is 0 Å². The van der Waals surface area contributed by atoms with E-state index < -0.39 is 6.04 Å². The number of carbonyl (C=O) groups is 2. The number of methoxy groups -OCH3 is 1. The predicted molar refractivity (Wildman–Crippen MR) is 120 cm³/mol. The quantitative estimate of drug-likeness (QED) is 0.671. The van der Waals surface area contributed by atoms with Gasteiger partial charge in [-0.05, 0) is 49.8 Å². The van der Waals surface area contributed by atoms with Crippen molar-refractivity contribution >= 4 is 28.2 Å². The molecule has 0 radical (unpaired) electrons. The molecule has 5 rings (SSSR count). The van der Waals surface area contributed by atoms with E-state index in [0.29, 0.717) is 34.7 Å². The Bertz CT molecular complexity index is 1080. The molecule has 3 heterocycles. The summed E-state index contributed by atoms with van der Waals surface area (Å²) in [5.41, 5.74) is 1.20. The van der Waals surface area contributed by atoms with Gasteiger partial charge in [-0.15, -0.1) is 11.3 Å². The number of hydrogen-bond donors (Lipinski definition) is 0. The number of Topliss-reactive ketones (excluding diaryl/α,β-unsaturated/α-hetero) is 1. The molecule has 1 aromatic carbocycles. The minimum Gasteiger partial charge on any atom is -0.493 e. The lowest BCUT2D eigenvalue weighted by Crippen LogP contribution is -2.41. The number of carbonyl (C=O) groups excluding carboxylic acids is 2. The molecule has 1 fully saturated rings. The molecule has 1 aromatic heterocycles. The molecule has 2 aliphatic heterocycles. The minimum absolute atomic E-state index is 0.0213. The third-order valence-electron chi connectivity index (χ3n) is 6.54.